The second-order valence-electron chi connectivity index (χ2n) is 26.4. The molecule has 16 nitrogen and oxygen atoms in total. The van der Waals surface area contributed by atoms with Crippen LogP contribution in [0.1, 0.15) is 210 Å². The number of carboxylic acids is 1. The molecule has 5 fully saturated rings. The van der Waals surface area contributed by atoms with Crippen molar-refractivity contribution >= 4 is 23.8 Å². The van der Waals surface area contributed by atoms with Gasteiger partial charge < -0.3 is 39.3 Å². The molecule has 514 valence electrons. The van der Waals surface area contributed by atoms with Gasteiger partial charge in [0, 0.05) is 95.0 Å². The number of aryl methyl sites for hydroxylation is 2. The maximum absolute atomic E-state index is 14.2. The first kappa shape index (κ1) is 74.4. The molecule has 2 aromatic heterocycles. The van der Waals surface area contributed by atoms with E-state index in [9.17, 15) is 41.8 Å². The Labute approximate surface area is 589 Å². The SMILES string of the molecule is CC1CCCO1.CCCc1nc2c(cc1C(=O)O)C(=O)N(C1CCN(Cc3cc(C4CC4)c(-c4ccc(F)c(F)c4)cc3OCC)CC1)CC2.CCCc1nc2c(cc1C(=O)OC)C(=O)N(C1CCN(Cc3cc(C4CC4)c(-c4ccc(F)c(F)c4)cc3OCC)CC1)CC2.[Na+].[OH-]. The van der Waals surface area contributed by atoms with Gasteiger partial charge in [-0.05, 0) is 204 Å². The van der Waals surface area contributed by atoms with E-state index in [1.807, 2.05) is 49.6 Å². The molecule has 2 N–H and O–H groups in total. The number of halogens is 4. The number of likely N-dealkylation sites (tertiary alicyclic amines) is 2. The van der Waals surface area contributed by atoms with Crippen molar-refractivity contribution in [1.29, 1.82) is 0 Å². The third-order valence-electron chi connectivity index (χ3n) is 19.6. The van der Waals surface area contributed by atoms with Crippen LogP contribution in [-0.2, 0) is 48.2 Å². The van der Waals surface area contributed by atoms with Crippen LogP contribution in [0.5, 0.6) is 11.5 Å². The van der Waals surface area contributed by atoms with Gasteiger partial charge in [-0.15, -0.1) is 0 Å². The summed E-state index contributed by atoms with van der Waals surface area (Å²) < 4.78 is 78.0. The Morgan fingerprint density at radius 2 is 1.00 bits per heavy atom. The molecule has 0 radical (unpaired) electrons. The van der Waals surface area contributed by atoms with E-state index in [0.29, 0.717) is 128 Å². The number of hydrogen-bond donors (Lipinski definition) is 1. The number of pyridine rings is 2. The maximum atomic E-state index is 14.2. The van der Waals surface area contributed by atoms with Crippen LogP contribution in [-0.4, -0.2) is 148 Å². The molecule has 21 heteroatoms. The molecule has 2 aliphatic carbocycles. The predicted molar refractivity (Wildman–Crippen MR) is 357 cm³/mol. The second kappa shape index (κ2) is 33.9. The molecule has 13 rings (SSSR count). The summed E-state index contributed by atoms with van der Waals surface area (Å²) in [6.07, 6.45) is 14.9. The molecule has 1 unspecified atom stereocenters. The number of fused-ring (bicyclic) bond motifs is 2. The first-order chi connectivity index (χ1) is 46.0. The van der Waals surface area contributed by atoms with E-state index in [1.165, 1.54) is 50.3 Å². The number of carbonyl (C=O) groups is 4. The number of carbonyl (C=O) groups excluding carboxylic acids is 3. The number of aromatic nitrogens is 2. The van der Waals surface area contributed by atoms with Crippen molar-refractivity contribution in [3.05, 3.63) is 163 Å². The van der Waals surface area contributed by atoms with E-state index in [1.54, 1.807) is 18.2 Å². The molecular weight excluding hydrogens is 1260 g/mol. The quantitative estimate of drug-likeness (QED) is 0.0431. The van der Waals surface area contributed by atoms with E-state index in [2.05, 4.69) is 33.8 Å². The number of benzene rings is 4. The molecule has 0 spiro atoms. The van der Waals surface area contributed by atoms with E-state index in [0.717, 1.165) is 148 Å². The van der Waals surface area contributed by atoms with Gasteiger partial charge in [-0.25, -0.2) is 27.2 Å². The maximum Gasteiger partial charge on any atom is 1.00 e. The second-order valence-corrected chi connectivity index (χ2v) is 26.4. The molecule has 0 bridgehead atoms. The molecule has 97 heavy (non-hydrogen) atoms. The van der Waals surface area contributed by atoms with Gasteiger partial charge in [0.15, 0.2) is 23.3 Å². The number of nitrogens with zero attached hydrogens (tertiary/aromatic N) is 6. The standard InChI is InChI=1S/C36H41F2N3O4.C35H39F2N3O4.C5H10O.Na.H2O/c1-4-6-32-29(36(43)44-3)19-28-33(39-32)13-16-41(35(28)42)25-11-14-40(15-12-25)21-24-17-26(22-7-8-22)27(20-34(24)45-5-2)23-9-10-30(37)31(38)18-23;1-3-5-31-28(35(42)43)18-27-32(38-31)12-15-40(34(27)41)24-10-13-39(14-11-24)20-23-16-25(21-6-7-21)26(19-33(23)44-4-2)22-8-9-29(36)30(37)17-22;1-5-3-2-4-6-5;;/h9-10,17-20,22,25H,4-8,11-16,21H2,1-3H3;8-9,16-19,21,24H,3-7,10-15,20H2,1-2H3,(H,42,43);5H,2-4H2,1H3;;1H2/q;;;+1;/p-1. The molecular formula is C76H91F4N6NaO10. The summed E-state index contributed by atoms with van der Waals surface area (Å²) in [5.41, 5.74) is 11.8. The van der Waals surface area contributed by atoms with Crippen LogP contribution in [0.4, 0.5) is 17.6 Å². The van der Waals surface area contributed by atoms with Crippen LogP contribution in [0.25, 0.3) is 22.3 Å². The molecule has 6 aromatic rings. The van der Waals surface area contributed by atoms with Crippen molar-refractivity contribution in [2.24, 2.45) is 0 Å². The minimum atomic E-state index is -1.05. The van der Waals surface area contributed by atoms with Gasteiger partial charge in [-0.2, -0.15) is 0 Å². The van der Waals surface area contributed by atoms with Gasteiger partial charge in [-0.1, -0.05) is 38.8 Å². The number of aromatic carboxylic acids is 1. The zero-order valence-electron chi connectivity index (χ0n) is 57.3. The fraction of sp³-hybridized carbons (Fsp3) is 0.500. The molecule has 5 aliphatic heterocycles. The van der Waals surface area contributed by atoms with Crippen molar-refractivity contribution in [2.75, 3.05) is 66.2 Å². The zero-order chi connectivity index (χ0) is 67.0. The first-order valence-electron chi connectivity index (χ1n) is 34.5. The number of methoxy groups -OCH3 is 1. The topological polar surface area (TPSA) is 194 Å². The number of piperidine rings is 2. The summed E-state index contributed by atoms with van der Waals surface area (Å²) >= 11 is 0. The Morgan fingerprint density at radius 3 is 1.35 bits per heavy atom. The van der Waals surface area contributed by atoms with Crippen LogP contribution < -0.4 is 39.0 Å². The smallest absolute Gasteiger partial charge is 0.870 e. The number of ether oxygens (including phenoxy) is 4. The summed E-state index contributed by atoms with van der Waals surface area (Å²) in [6, 6.07) is 20.0. The number of amides is 2. The summed E-state index contributed by atoms with van der Waals surface area (Å²) in [7, 11) is 1.35. The van der Waals surface area contributed by atoms with E-state index < -0.39 is 35.2 Å². The van der Waals surface area contributed by atoms with Gasteiger partial charge in [0.25, 0.3) is 11.8 Å². The molecule has 4 aromatic carbocycles. The van der Waals surface area contributed by atoms with Crippen LogP contribution in [0.15, 0.2) is 72.8 Å². The van der Waals surface area contributed by atoms with Crippen LogP contribution in [0, 0.1) is 23.3 Å². The molecule has 7 heterocycles. The average molecular weight is 1350 g/mol. The van der Waals surface area contributed by atoms with Gasteiger partial charge in [-0.3, -0.25) is 29.4 Å². The minimum Gasteiger partial charge on any atom is -0.870 e. The van der Waals surface area contributed by atoms with Gasteiger partial charge >= 0.3 is 41.5 Å². The fourth-order valence-corrected chi connectivity index (χ4v) is 14.3. The Bertz CT molecular complexity index is 3790. The largest absolute Gasteiger partial charge is 1.00 e. The predicted octanol–water partition coefficient (Wildman–Crippen LogP) is 11.3. The fourth-order valence-electron chi connectivity index (χ4n) is 14.3. The Kier molecular flexibility index (Phi) is 26.0. The Hall–Kier alpha value is -6.78. The summed E-state index contributed by atoms with van der Waals surface area (Å²) in [6.45, 7) is 17.9. The van der Waals surface area contributed by atoms with Gasteiger partial charge in [0.2, 0.25) is 0 Å². The summed E-state index contributed by atoms with van der Waals surface area (Å²) in [4.78, 5) is 69.6. The number of rotatable bonds is 20. The molecule has 3 saturated heterocycles. The van der Waals surface area contributed by atoms with Crippen molar-refractivity contribution in [2.45, 2.75) is 180 Å². The Balaban J connectivity index is 0.000000205. The third kappa shape index (κ3) is 17.6. The van der Waals surface area contributed by atoms with Crippen LogP contribution in [0.3, 0.4) is 0 Å². The summed E-state index contributed by atoms with van der Waals surface area (Å²) in [5, 5.41) is 9.74. The third-order valence-corrected chi connectivity index (χ3v) is 19.6. The molecule has 1 atom stereocenters. The zero-order valence-corrected chi connectivity index (χ0v) is 59.3. The van der Waals surface area contributed by atoms with Crippen molar-refractivity contribution in [1.82, 2.24) is 29.6 Å². The van der Waals surface area contributed by atoms with Crippen molar-refractivity contribution < 1.29 is 95.8 Å². The number of hydrogen-bond acceptors (Lipinski definition) is 13. The van der Waals surface area contributed by atoms with Gasteiger partial charge in [0.05, 0.1) is 71.5 Å². The molecule has 7 aliphatic rings. The van der Waals surface area contributed by atoms with Crippen molar-refractivity contribution in [3.8, 4) is 33.8 Å². The molecule has 2 saturated carbocycles. The first-order valence-corrected chi connectivity index (χ1v) is 34.5. The minimum absolute atomic E-state index is 0. The number of carboxylic acid groups (broad SMARTS) is 1. The van der Waals surface area contributed by atoms with E-state index >= 15 is 0 Å². The van der Waals surface area contributed by atoms with Gasteiger partial charge in [0.1, 0.15) is 11.5 Å². The van der Waals surface area contributed by atoms with Crippen LogP contribution >= 0.6 is 0 Å². The van der Waals surface area contributed by atoms with E-state index in [4.69, 9.17) is 23.9 Å². The monoisotopic (exact) mass is 1350 g/mol. The molecule has 2 amide bonds. The van der Waals surface area contributed by atoms with E-state index in [-0.39, 0.29) is 64.5 Å². The summed E-state index contributed by atoms with van der Waals surface area (Å²) in [5.74, 6) is -2.76. The number of esters is 1. The normalized spacial score (nSPS) is 18.1. The van der Waals surface area contributed by atoms with Crippen molar-refractivity contribution in [3.63, 3.8) is 0 Å². The average Bonchev–Trinajstić information content (AvgIpc) is 1.64. The van der Waals surface area contributed by atoms with Crippen LogP contribution in [0.2, 0.25) is 0 Å². The Morgan fingerprint density at radius 1 is 0.567 bits per heavy atom.